The van der Waals surface area contributed by atoms with Crippen LogP contribution in [0.5, 0.6) is 0 Å². The smallest absolute Gasteiger partial charge is 0.153 e. The molecule has 1 aliphatic carbocycles. The molecule has 15 heavy (non-hydrogen) atoms. The monoisotopic (exact) mass is 273 g/mol. The van der Waals surface area contributed by atoms with Crippen LogP contribution in [0, 0.1) is 5.92 Å². The Kier molecular flexibility index (Phi) is 3.38. The minimum atomic E-state index is 0.143. The lowest BCUT2D eigenvalue weighted by Gasteiger charge is -2.29. The molecule has 0 aliphatic heterocycles. The van der Waals surface area contributed by atoms with Gasteiger partial charge in [-0.3, -0.25) is 11.3 Å². The van der Waals surface area contributed by atoms with E-state index in [-0.39, 0.29) is 6.04 Å². The molecule has 1 aliphatic rings. The van der Waals surface area contributed by atoms with Gasteiger partial charge in [-0.2, -0.15) is 0 Å². The molecule has 1 unspecified atom stereocenters. The highest BCUT2D eigenvalue weighted by Gasteiger charge is 2.26. The number of aromatic nitrogens is 3. The molecule has 1 atom stereocenters. The van der Waals surface area contributed by atoms with Crippen LogP contribution in [0.2, 0.25) is 0 Å². The van der Waals surface area contributed by atoms with Crippen LogP contribution >= 0.6 is 15.9 Å². The summed E-state index contributed by atoms with van der Waals surface area (Å²) < 4.78 is 2.56. The fraction of sp³-hybridized carbons (Fsp3) is 0.778. The molecule has 0 amide bonds. The zero-order chi connectivity index (χ0) is 10.8. The predicted octanol–water partition coefficient (Wildman–Crippen LogP) is 1.27. The SMILES string of the molecule is Cn1nnc(Br)c1C(CC1CCC1)NN. The van der Waals surface area contributed by atoms with Gasteiger partial charge in [-0.15, -0.1) is 5.10 Å². The van der Waals surface area contributed by atoms with Crippen molar-refractivity contribution in [3.05, 3.63) is 10.3 Å². The number of hydrogen-bond acceptors (Lipinski definition) is 4. The second kappa shape index (κ2) is 4.59. The Balaban J connectivity index is 2.10. The Labute approximate surface area is 97.5 Å². The van der Waals surface area contributed by atoms with Crippen molar-refractivity contribution in [2.45, 2.75) is 31.7 Å². The average Bonchev–Trinajstić information content (AvgIpc) is 2.47. The molecule has 0 bridgehead atoms. The lowest BCUT2D eigenvalue weighted by Crippen LogP contribution is -2.32. The van der Waals surface area contributed by atoms with E-state index < -0.39 is 0 Å². The number of aryl methyl sites for hydroxylation is 1. The van der Waals surface area contributed by atoms with E-state index in [0.29, 0.717) is 0 Å². The molecule has 0 spiro atoms. The molecule has 1 aromatic heterocycles. The first kappa shape index (κ1) is 11.0. The number of nitrogens with two attached hydrogens (primary N) is 1. The van der Waals surface area contributed by atoms with Gasteiger partial charge in [-0.1, -0.05) is 24.5 Å². The van der Waals surface area contributed by atoms with Crippen molar-refractivity contribution in [2.75, 3.05) is 0 Å². The molecule has 0 aromatic carbocycles. The summed E-state index contributed by atoms with van der Waals surface area (Å²) in [5, 5.41) is 7.93. The van der Waals surface area contributed by atoms with Crippen LogP contribution in [0.25, 0.3) is 0 Å². The average molecular weight is 274 g/mol. The van der Waals surface area contributed by atoms with Gasteiger partial charge >= 0.3 is 0 Å². The van der Waals surface area contributed by atoms with E-state index in [9.17, 15) is 0 Å². The molecule has 0 radical (unpaired) electrons. The van der Waals surface area contributed by atoms with Crippen molar-refractivity contribution in [1.82, 2.24) is 20.4 Å². The summed E-state index contributed by atoms with van der Waals surface area (Å²) in [5.74, 6) is 6.39. The van der Waals surface area contributed by atoms with Crippen molar-refractivity contribution in [1.29, 1.82) is 0 Å². The second-order valence-corrected chi connectivity index (χ2v) is 4.89. The van der Waals surface area contributed by atoms with Gasteiger partial charge in [0.15, 0.2) is 4.60 Å². The number of hydrazine groups is 1. The molecule has 3 N–H and O–H groups in total. The molecule has 5 nitrogen and oxygen atoms in total. The van der Waals surface area contributed by atoms with E-state index in [1.165, 1.54) is 19.3 Å². The maximum atomic E-state index is 5.59. The number of hydrogen-bond donors (Lipinski definition) is 2. The van der Waals surface area contributed by atoms with Gasteiger partial charge in [0.1, 0.15) is 0 Å². The summed E-state index contributed by atoms with van der Waals surface area (Å²) >= 11 is 3.40. The number of halogens is 1. The van der Waals surface area contributed by atoms with Crippen LogP contribution in [-0.2, 0) is 7.05 Å². The van der Waals surface area contributed by atoms with Crippen molar-refractivity contribution < 1.29 is 0 Å². The summed E-state index contributed by atoms with van der Waals surface area (Å²) in [5.41, 5.74) is 3.89. The maximum Gasteiger partial charge on any atom is 0.153 e. The van der Waals surface area contributed by atoms with Gasteiger partial charge in [-0.25, -0.2) is 4.68 Å². The van der Waals surface area contributed by atoms with Crippen LogP contribution in [0.3, 0.4) is 0 Å². The first-order valence-corrected chi connectivity index (χ1v) is 6.03. The van der Waals surface area contributed by atoms with E-state index in [0.717, 1.165) is 22.6 Å². The Hall–Kier alpha value is -0.460. The zero-order valence-corrected chi connectivity index (χ0v) is 10.4. The fourth-order valence-electron chi connectivity index (χ4n) is 2.03. The summed E-state index contributed by atoms with van der Waals surface area (Å²) in [7, 11) is 1.89. The molecular weight excluding hydrogens is 258 g/mol. The molecule has 1 saturated carbocycles. The van der Waals surface area contributed by atoms with E-state index in [1.54, 1.807) is 4.68 Å². The van der Waals surface area contributed by atoms with E-state index in [1.807, 2.05) is 7.05 Å². The van der Waals surface area contributed by atoms with Crippen molar-refractivity contribution >= 4 is 15.9 Å². The standard InChI is InChI=1S/C9H16BrN5/c1-15-8(9(10)13-14-15)7(12-11)5-6-3-2-4-6/h6-7,12H,2-5,11H2,1H3. The quantitative estimate of drug-likeness (QED) is 0.641. The topological polar surface area (TPSA) is 68.8 Å². The summed E-state index contributed by atoms with van der Waals surface area (Å²) in [6.45, 7) is 0. The van der Waals surface area contributed by atoms with Gasteiger partial charge in [0.05, 0.1) is 11.7 Å². The summed E-state index contributed by atoms with van der Waals surface area (Å²) in [4.78, 5) is 0. The van der Waals surface area contributed by atoms with Gasteiger partial charge in [0.25, 0.3) is 0 Å². The predicted molar refractivity (Wildman–Crippen MR) is 60.7 cm³/mol. The normalized spacial score (nSPS) is 18.9. The Morgan fingerprint density at radius 2 is 2.40 bits per heavy atom. The molecule has 0 saturated heterocycles. The Bertz CT molecular complexity index is 314. The van der Waals surface area contributed by atoms with Crippen molar-refractivity contribution in [3.8, 4) is 0 Å². The maximum absolute atomic E-state index is 5.59. The molecule has 1 heterocycles. The first-order valence-electron chi connectivity index (χ1n) is 5.23. The fourth-order valence-corrected chi connectivity index (χ4v) is 2.63. The van der Waals surface area contributed by atoms with E-state index >= 15 is 0 Å². The minimum Gasteiger partial charge on any atom is -0.271 e. The molecule has 84 valence electrons. The first-order chi connectivity index (χ1) is 7.22. The number of nitrogens with zero attached hydrogens (tertiary/aromatic N) is 3. The number of nitrogens with one attached hydrogen (secondary N) is 1. The largest absolute Gasteiger partial charge is 0.271 e. The highest BCUT2D eigenvalue weighted by molar-refractivity contribution is 9.10. The van der Waals surface area contributed by atoms with Gasteiger partial charge < -0.3 is 0 Å². The lowest BCUT2D eigenvalue weighted by molar-refractivity contribution is 0.257. The van der Waals surface area contributed by atoms with Crippen LogP contribution < -0.4 is 11.3 Å². The molecule has 2 rings (SSSR count). The van der Waals surface area contributed by atoms with Crippen molar-refractivity contribution in [3.63, 3.8) is 0 Å². The summed E-state index contributed by atoms with van der Waals surface area (Å²) in [6.07, 6.45) is 5.06. The zero-order valence-electron chi connectivity index (χ0n) is 8.78. The summed E-state index contributed by atoms with van der Waals surface area (Å²) in [6, 6.07) is 0.143. The van der Waals surface area contributed by atoms with Crippen LogP contribution in [0.4, 0.5) is 0 Å². The van der Waals surface area contributed by atoms with E-state index in [2.05, 4.69) is 31.7 Å². The Morgan fingerprint density at radius 3 is 2.80 bits per heavy atom. The Morgan fingerprint density at radius 1 is 1.67 bits per heavy atom. The van der Waals surface area contributed by atoms with Crippen LogP contribution in [0.1, 0.15) is 37.4 Å². The van der Waals surface area contributed by atoms with Crippen molar-refractivity contribution in [2.24, 2.45) is 18.8 Å². The third-order valence-corrected chi connectivity index (χ3v) is 3.72. The van der Waals surface area contributed by atoms with Gasteiger partial charge in [0.2, 0.25) is 0 Å². The highest BCUT2D eigenvalue weighted by Crippen LogP contribution is 2.35. The minimum absolute atomic E-state index is 0.143. The van der Waals surface area contributed by atoms with E-state index in [4.69, 9.17) is 5.84 Å². The molecule has 1 fully saturated rings. The molecule has 1 aromatic rings. The highest BCUT2D eigenvalue weighted by atomic mass is 79.9. The van der Waals surface area contributed by atoms with Gasteiger partial charge in [0, 0.05) is 7.05 Å². The second-order valence-electron chi connectivity index (χ2n) is 4.14. The van der Waals surface area contributed by atoms with Crippen LogP contribution in [0.15, 0.2) is 4.60 Å². The lowest BCUT2D eigenvalue weighted by atomic mass is 9.80. The molecular formula is C9H16BrN5. The van der Waals surface area contributed by atoms with Crippen LogP contribution in [-0.4, -0.2) is 15.0 Å². The third kappa shape index (κ3) is 2.21. The molecule has 6 heteroatoms. The number of rotatable bonds is 4. The third-order valence-electron chi connectivity index (χ3n) is 3.15. The van der Waals surface area contributed by atoms with Gasteiger partial charge in [-0.05, 0) is 28.3 Å².